The number of hydrogen-bond donors (Lipinski definition) is 1. The second kappa shape index (κ2) is 8.13. The second-order valence-electron chi connectivity index (χ2n) is 6.55. The molecule has 1 atom stereocenters. The highest BCUT2D eigenvalue weighted by Gasteiger charge is 2.26. The number of nitrogens with one attached hydrogen (secondary N) is 1. The van der Waals surface area contributed by atoms with Crippen molar-refractivity contribution in [3.63, 3.8) is 0 Å². The summed E-state index contributed by atoms with van der Waals surface area (Å²) in [7, 11) is -3.39. The van der Waals surface area contributed by atoms with Crippen LogP contribution in [0, 0.1) is 5.92 Å². The molecular formula is C17H28N2O3S. The summed E-state index contributed by atoms with van der Waals surface area (Å²) in [4.78, 5) is 0. The topological polar surface area (TPSA) is 58.6 Å². The summed E-state index contributed by atoms with van der Waals surface area (Å²) in [6.07, 6.45) is 2.03. The summed E-state index contributed by atoms with van der Waals surface area (Å²) >= 11 is 0. The Hall–Kier alpha value is -1.11. The van der Waals surface area contributed by atoms with Crippen molar-refractivity contribution >= 4 is 10.2 Å². The number of rotatable bonds is 7. The Balaban J connectivity index is 1.83. The van der Waals surface area contributed by atoms with Gasteiger partial charge in [-0.15, -0.1) is 0 Å². The third-order valence-electron chi connectivity index (χ3n) is 4.14. The Bertz CT molecular complexity index is 602. The molecule has 0 bridgehead atoms. The molecule has 1 unspecified atom stereocenters. The first kappa shape index (κ1) is 18.2. The SMILES string of the molecule is CC1CCCN(S(=O)(=O)NCCOc2ccccc2C(C)C)C1. The van der Waals surface area contributed by atoms with Crippen LogP contribution in [0.5, 0.6) is 5.75 Å². The molecule has 1 saturated heterocycles. The average Bonchev–Trinajstić information content (AvgIpc) is 2.52. The maximum atomic E-state index is 12.3. The van der Waals surface area contributed by atoms with Gasteiger partial charge in [0.05, 0.1) is 0 Å². The van der Waals surface area contributed by atoms with Crippen LogP contribution in [0.25, 0.3) is 0 Å². The molecule has 0 aliphatic carbocycles. The molecule has 2 rings (SSSR count). The van der Waals surface area contributed by atoms with Crippen molar-refractivity contribution in [2.24, 2.45) is 5.92 Å². The van der Waals surface area contributed by atoms with E-state index in [0.29, 0.717) is 31.5 Å². The third-order valence-corrected chi connectivity index (χ3v) is 5.73. The highest BCUT2D eigenvalue weighted by molar-refractivity contribution is 7.87. The fourth-order valence-electron chi connectivity index (χ4n) is 2.88. The predicted octanol–water partition coefficient (Wildman–Crippen LogP) is 2.76. The van der Waals surface area contributed by atoms with Crippen molar-refractivity contribution in [2.45, 2.75) is 39.5 Å². The lowest BCUT2D eigenvalue weighted by Crippen LogP contribution is -2.46. The average molecular weight is 340 g/mol. The van der Waals surface area contributed by atoms with Crippen LogP contribution in [0.1, 0.15) is 45.1 Å². The number of ether oxygens (including phenoxy) is 1. The fourth-order valence-corrected chi connectivity index (χ4v) is 4.22. The van der Waals surface area contributed by atoms with Gasteiger partial charge < -0.3 is 4.74 Å². The van der Waals surface area contributed by atoms with E-state index in [-0.39, 0.29) is 6.54 Å². The summed E-state index contributed by atoms with van der Waals surface area (Å²) in [5.41, 5.74) is 1.14. The van der Waals surface area contributed by atoms with Gasteiger partial charge in [0.1, 0.15) is 12.4 Å². The van der Waals surface area contributed by atoms with Crippen molar-refractivity contribution in [3.05, 3.63) is 29.8 Å². The summed E-state index contributed by atoms with van der Waals surface area (Å²) in [6.45, 7) is 8.13. The van der Waals surface area contributed by atoms with Crippen LogP contribution in [-0.2, 0) is 10.2 Å². The van der Waals surface area contributed by atoms with Crippen LogP contribution in [0.2, 0.25) is 0 Å². The Morgan fingerprint density at radius 2 is 2.09 bits per heavy atom. The van der Waals surface area contributed by atoms with Crippen molar-refractivity contribution in [3.8, 4) is 5.75 Å². The first-order valence-corrected chi connectivity index (χ1v) is 9.80. The highest BCUT2D eigenvalue weighted by Crippen LogP contribution is 2.25. The molecule has 1 fully saturated rings. The minimum absolute atomic E-state index is 0.277. The summed E-state index contributed by atoms with van der Waals surface area (Å²) in [5.74, 6) is 1.63. The van der Waals surface area contributed by atoms with Gasteiger partial charge in [-0.05, 0) is 36.3 Å². The Labute approximate surface area is 140 Å². The quantitative estimate of drug-likeness (QED) is 0.777. The zero-order valence-corrected chi connectivity index (χ0v) is 15.1. The van der Waals surface area contributed by atoms with Crippen LogP contribution in [-0.4, -0.2) is 39.0 Å². The van der Waals surface area contributed by atoms with Gasteiger partial charge in [0.25, 0.3) is 10.2 Å². The van der Waals surface area contributed by atoms with E-state index in [0.717, 1.165) is 24.2 Å². The molecule has 1 aliphatic heterocycles. The van der Waals surface area contributed by atoms with E-state index in [1.807, 2.05) is 24.3 Å². The molecule has 6 heteroatoms. The Morgan fingerprint density at radius 1 is 1.35 bits per heavy atom. The van der Waals surface area contributed by atoms with Gasteiger partial charge in [0.2, 0.25) is 0 Å². The standard InChI is InChI=1S/C17H28N2O3S/c1-14(2)16-8-4-5-9-17(16)22-12-10-18-23(20,21)19-11-6-7-15(3)13-19/h4-5,8-9,14-15,18H,6-7,10-13H2,1-3H3. The molecule has 1 heterocycles. The van der Waals surface area contributed by atoms with E-state index in [9.17, 15) is 8.42 Å². The van der Waals surface area contributed by atoms with Crippen LogP contribution < -0.4 is 9.46 Å². The fraction of sp³-hybridized carbons (Fsp3) is 0.647. The first-order valence-electron chi connectivity index (χ1n) is 8.36. The molecule has 1 N–H and O–H groups in total. The summed E-state index contributed by atoms with van der Waals surface area (Å²) in [6, 6.07) is 7.89. The summed E-state index contributed by atoms with van der Waals surface area (Å²) < 4.78 is 34.5. The van der Waals surface area contributed by atoms with Gasteiger partial charge in [-0.3, -0.25) is 0 Å². The minimum atomic E-state index is -3.39. The van der Waals surface area contributed by atoms with Crippen LogP contribution in [0.4, 0.5) is 0 Å². The molecule has 1 aliphatic rings. The number of para-hydroxylation sites is 1. The molecule has 130 valence electrons. The highest BCUT2D eigenvalue weighted by atomic mass is 32.2. The molecule has 0 amide bonds. The molecule has 0 saturated carbocycles. The molecule has 5 nitrogen and oxygen atoms in total. The third kappa shape index (κ3) is 5.19. The van der Waals surface area contributed by atoms with E-state index in [1.54, 1.807) is 4.31 Å². The van der Waals surface area contributed by atoms with E-state index < -0.39 is 10.2 Å². The smallest absolute Gasteiger partial charge is 0.279 e. The van der Waals surface area contributed by atoms with Crippen molar-refractivity contribution < 1.29 is 13.2 Å². The molecular weight excluding hydrogens is 312 g/mol. The van der Waals surface area contributed by atoms with Gasteiger partial charge >= 0.3 is 0 Å². The van der Waals surface area contributed by atoms with Gasteiger partial charge in [0, 0.05) is 19.6 Å². The molecule has 0 radical (unpaired) electrons. The second-order valence-corrected chi connectivity index (χ2v) is 8.30. The first-order chi connectivity index (χ1) is 10.9. The van der Waals surface area contributed by atoms with Gasteiger partial charge in [0.15, 0.2) is 0 Å². The lowest BCUT2D eigenvalue weighted by Gasteiger charge is -2.29. The van der Waals surface area contributed by atoms with Gasteiger partial charge in [-0.2, -0.15) is 17.4 Å². The van der Waals surface area contributed by atoms with Crippen molar-refractivity contribution in [1.82, 2.24) is 9.03 Å². The molecule has 1 aromatic rings. The maximum Gasteiger partial charge on any atom is 0.279 e. The predicted molar refractivity (Wildman–Crippen MR) is 92.9 cm³/mol. The number of hydrogen-bond acceptors (Lipinski definition) is 3. The Morgan fingerprint density at radius 3 is 2.78 bits per heavy atom. The molecule has 0 aromatic heterocycles. The zero-order valence-electron chi connectivity index (χ0n) is 14.3. The number of benzene rings is 1. The monoisotopic (exact) mass is 340 g/mol. The van der Waals surface area contributed by atoms with E-state index in [1.165, 1.54) is 0 Å². The number of piperidine rings is 1. The van der Waals surface area contributed by atoms with Crippen LogP contribution in [0.15, 0.2) is 24.3 Å². The largest absolute Gasteiger partial charge is 0.492 e. The van der Waals surface area contributed by atoms with Crippen LogP contribution in [0.3, 0.4) is 0 Å². The van der Waals surface area contributed by atoms with E-state index in [4.69, 9.17) is 4.74 Å². The van der Waals surface area contributed by atoms with Gasteiger partial charge in [-0.1, -0.05) is 39.0 Å². The van der Waals surface area contributed by atoms with Crippen molar-refractivity contribution in [1.29, 1.82) is 0 Å². The van der Waals surface area contributed by atoms with Gasteiger partial charge in [-0.25, -0.2) is 0 Å². The van der Waals surface area contributed by atoms with Crippen molar-refractivity contribution in [2.75, 3.05) is 26.2 Å². The normalized spacial score (nSPS) is 19.9. The number of nitrogens with zero attached hydrogens (tertiary/aromatic N) is 1. The minimum Gasteiger partial charge on any atom is -0.492 e. The lowest BCUT2D eigenvalue weighted by atomic mass is 10.0. The molecule has 1 aromatic carbocycles. The van der Waals surface area contributed by atoms with E-state index >= 15 is 0 Å². The Kier molecular flexibility index (Phi) is 6.44. The van der Waals surface area contributed by atoms with Crippen LogP contribution >= 0.6 is 0 Å². The maximum absolute atomic E-state index is 12.3. The summed E-state index contributed by atoms with van der Waals surface area (Å²) in [5, 5.41) is 0. The molecule has 0 spiro atoms. The molecule has 23 heavy (non-hydrogen) atoms. The van der Waals surface area contributed by atoms with E-state index in [2.05, 4.69) is 25.5 Å². The lowest BCUT2D eigenvalue weighted by molar-refractivity contribution is 0.274. The zero-order chi connectivity index (χ0) is 16.9.